The molecule has 1 aliphatic heterocycles. The Labute approximate surface area is 190 Å². The number of carbonyl (C=O) groups excluding carboxylic acids is 3. The fourth-order valence-corrected chi connectivity index (χ4v) is 4.46. The van der Waals surface area contributed by atoms with Crippen LogP contribution in [-0.4, -0.2) is 63.0 Å². The van der Waals surface area contributed by atoms with Crippen molar-refractivity contribution in [2.75, 3.05) is 30.8 Å². The third-order valence-electron chi connectivity index (χ3n) is 6.13. The van der Waals surface area contributed by atoms with E-state index in [1.807, 2.05) is 13.0 Å². The minimum absolute atomic E-state index is 0.178. The number of fused-ring (bicyclic) bond motifs is 1. The number of anilines is 2. The van der Waals surface area contributed by atoms with Crippen LogP contribution in [0.4, 0.5) is 11.5 Å². The molecule has 33 heavy (non-hydrogen) atoms. The molecule has 0 unspecified atom stereocenters. The zero-order valence-electron chi connectivity index (χ0n) is 19.2. The molecule has 1 aromatic carbocycles. The third-order valence-corrected chi connectivity index (χ3v) is 6.13. The zero-order chi connectivity index (χ0) is 24.1. The molecule has 1 aliphatic rings. The van der Waals surface area contributed by atoms with Gasteiger partial charge >= 0.3 is 5.97 Å². The molecule has 2 amide bonds. The van der Waals surface area contributed by atoms with Crippen LogP contribution >= 0.6 is 0 Å². The van der Waals surface area contributed by atoms with E-state index in [4.69, 9.17) is 10.5 Å². The number of aryl methyl sites for hydroxylation is 1. The number of hydrogen-bond acceptors (Lipinski definition) is 7. The van der Waals surface area contributed by atoms with Gasteiger partial charge in [0.05, 0.1) is 24.1 Å². The highest BCUT2D eigenvalue weighted by molar-refractivity contribution is 6.08. The van der Waals surface area contributed by atoms with Crippen molar-refractivity contribution in [3.05, 3.63) is 41.7 Å². The van der Waals surface area contributed by atoms with E-state index in [-0.39, 0.29) is 23.9 Å². The summed E-state index contributed by atoms with van der Waals surface area (Å²) < 4.78 is 6.65. The van der Waals surface area contributed by atoms with Gasteiger partial charge in [-0.3, -0.25) is 9.59 Å². The summed E-state index contributed by atoms with van der Waals surface area (Å²) in [6.45, 7) is 7.35. The minimum atomic E-state index is -1.06. The molecule has 0 saturated carbocycles. The average molecular weight is 450 g/mol. The zero-order valence-corrected chi connectivity index (χ0v) is 19.2. The molecule has 1 fully saturated rings. The van der Waals surface area contributed by atoms with Gasteiger partial charge in [-0.1, -0.05) is 6.07 Å². The van der Waals surface area contributed by atoms with E-state index in [1.165, 1.54) is 25.3 Å². The second kappa shape index (κ2) is 7.88. The number of ether oxygens (including phenoxy) is 1. The number of carbonyl (C=O) groups is 3. The van der Waals surface area contributed by atoms with Crippen LogP contribution in [0.15, 0.2) is 30.6 Å². The Morgan fingerprint density at radius 1 is 1.18 bits per heavy atom. The summed E-state index contributed by atoms with van der Waals surface area (Å²) in [4.78, 5) is 45.2. The maximum atomic E-state index is 13.5. The lowest BCUT2D eigenvalue weighted by molar-refractivity contribution is -0.145. The number of benzene rings is 1. The van der Waals surface area contributed by atoms with E-state index in [2.05, 4.69) is 10.1 Å². The summed E-state index contributed by atoms with van der Waals surface area (Å²) >= 11 is 0. The van der Waals surface area contributed by atoms with E-state index in [0.29, 0.717) is 23.6 Å². The number of piperazine rings is 1. The third kappa shape index (κ3) is 3.47. The highest BCUT2D eigenvalue weighted by Crippen LogP contribution is 2.35. The van der Waals surface area contributed by atoms with Gasteiger partial charge in [0.1, 0.15) is 17.4 Å². The molecular weight excluding hydrogens is 424 g/mol. The lowest BCUT2D eigenvalue weighted by Gasteiger charge is -2.45. The number of nitrogens with zero attached hydrogens (tertiary/aromatic N) is 5. The smallest absolute Gasteiger partial charge is 0.339 e. The van der Waals surface area contributed by atoms with E-state index < -0.39 is 11.5 Å². The quantitative estimate of drug-likeness (QED) is 0.606. The molecule has 3 aromatic rings. The first-order valence-corrected chi connectivity index (χ1v) is 10.5. The molecule has 0 radical (unpaired) electrons. The predicted molar refractivity (Wildman–Crippen MR) is 123 cm³/mol. The van der Waals surface area contributed by atoms with Crippen LogP contribution in [0.3, 0.4) is 0 Å². The van der Waals surface area contributed by atoms with Crippen LogP contribution in [-0.2, 0) is 14.3 Å². The predicted octanol–water partition coefficient (Wildman–Crippen LogP) is 2.05. The summed E-state index contributed by atoms with van der Waals surface area (Å²) in [5.41, 5.74) is 8.72. The Bertz CT molecular complexity index is 1300. The molecule has 1 saturated heterocycles. The maximum Gasteiger partial charge on any atom is 0.339 e. The molecule has 4 rings (SSSR count). The van der Waals surface area contributed by atoms with Gasteiger partial charge < -0.3 is 20.3 Å². The van der Waals surface area contributed by atoms with Crippen LogP contribution < -0.4 is 10.6 Å². The molecule has 0 spiro atoms. The topological polar surface area (TPSA) is 123 Å². The number of amides is 2. The monoisotopic (exact) mass is 450 g/mol. The van der Waals surface area contributed by atoms with Crippen LogP contribution in [0.2, 0.25) is 0 Å². The van der Waals surface area contributed by atoms with Gasteiger partial charge in [0.15, 0.2) is 5.82 Å². The first-order chi connectivity index (χ1) is 15.6. The van der Waals surface area contributed by atoms with Crippen molar-refractivity contribution in [1.82, 2.24) is 19.5 Å². The van der Waals surface area contributed by atoms with Gasteiger partial charge in [-0.2, -0.15) is 5.10 Å². The van der Waals surface area contributed by atoms with Crippen molar-refractivity contribution in [2.24, 2.45) is 0 Å². The van der Waals surface area contributed by atoms with Crippen molar-refractivity contribution in [3.63, 3.8) is 0 Å². The van der Waals surface area contributed by atoms with Gasteiger partial charge in [0.2, 0.25) is 5.91 Å². The Balaban J connectivity index is 1.88. The molecule has 10 heteroatoms. The second-order valence-electron chi connectivity index (χ2n) is 8.53. The lowest BCUT2D eigenvalue weighted by atomic mass is 9.95. The van der Waals surface area contributed by atoms with Crippen molar-refractivity contribution in [1.29, 1.82) is 0 Å². The Hall–Kier alpha value is -3.95. The number of esters is 1. The summed E-state index contributed by atoms with van der Waals surface area (Å²) in [5.74, 6) is -0.660. The van der Waals surface area contributed by atoms with Crippen molar-refractivity contribution in [3.8, 4) is 11.3 Å². The van der Waals surface area contributed by atoms with Gasteiger partial charge in [-0.25, -0.2) is 14.3 Å². The van der Waals surface area contributed by atoms with E-state index in [9.17, 15) is 14.4 Å². The second-order valence-corrected chi connectivity index (χ2v) is 8.53. The standard InChI is InChI=1S/C23H26N6O4/c1-13-10-17(29-19(13)20(24)25-12-26-29)15-6-7-16(21(31)33-5)18(11-15)27-8-9-28(14(2)30)23(3,4)22(27)32/h6-7,10-12H,8-9H2,1-5H3,(H2,24,25,26). The average Bonchev–Trinajstić information content (AvgIpc) is 3.12. The van der Waals surface area contributed by atoms with Gasteiger partial charge in [-0.05, 0) is 44.5 Å². The maximum absolute atomic E-state index is 13.5. The molecule has 0 bridgehead atoms. The molecule has 0 aliphatic carbocycles. The Morgan fingerprint density at radius 2 is 1.91 bits per heavy atom. The van der Waals surface area contributed by atoms with Gasteiger partial charge in [-0.15, -0.1) is 0 Å². The van der Waals surface area contributed by atoms with Crippen molar-refractivity contribution < 1.29 is 19.1 Å². The molecular formula is C23H26N6O4. The minimum Gasteiger partial charge on any atom is -0.465 e. The summed E-state index contributed by atoms with van der Waals surface area (Å²) in [7, 11) is 1.29. The number of aromatic nitrogens is 3. The number of nitrogen functional groups attached to an aromatic ring is 1. The first kappa shape index (κ1) is 22.3. The molecule has 3 heterocycles. The van der Waals surface area contributed by atoms with Gasteiger partial charge in [0, 0.05) is 25.6 Å². The number of methoxy groups -OCH3 is 1. The van der Waals surface area contributed by atoms with Gasteiger partial charge in [0.25, 0.3) is 5.91 Å². The highest BCUT2D eigenvalue weighted by Gasteiger charge is 2.44. The summed E-state index contributed by atoms with van der Waals surface area (Å²) in [6.07, 6.45) is 1.38. The number of rotatable bonds is 3. The molecule has 172 valence electrons. The highest BCUT2D eigenvalue weighted by atomic mass is 16.5. The Kier molecular flexibility index (Phi) is 5.31. The number of hydrogen-bond donors (Lipinski definition) is 1. The van der Waals surface area contributed by atoms with Crippen LogP contribution in [0.1, 0.15) is 36.7 Å². The largest absolute Gasteiger partial charge is 0.465 e. The summed E-state index contributed by atoms with van der Waals surface area (Å²) in [6, 6.07) is 7.10. The fraction of sp³-hybridized carbons (Fsp3) is 0.348. The molecule has 2 aromatic heterocycles. The SMILES string of the molecule is COC(=O)c1ccc(-c2cc(C)c3c(N)ncnn23)cc1N1CCN(C(C)=O)C(C)(C)C1=O. The number of nitrogens with two attached hydrogens (primary N) is 1. The van der Waals surface area contributed by atoms with Crippen LogP contribution in [0, 0.1) is 6.92 Å². The molecule has 10 nitrogen and oxygen atoms in total. The normalized spacial score (nSPS) is 15.7. The fourth-order valence-electron chi connectivity index (χ4n) is 4.46. The van der Waals surface area contributed by atoms with E-state index in [0.717, 1.165) is 16.8 Å². The summed E-state index contributed by atoms with van der Waals surface area (Å²) in [5, 5.41) is 4.33. The van der Waals surface area contributed by atoms with E-state index in [1.54, 1.807) is 41.5 Å². The van der Waals surface area contributed by atoms with Crippen molar-refractivity contribution >= 4 is 34.8 Å². The molecule has 0 atom stereocenters. The lowest BCUT2D eigenvalue weighted by Crippen LogP contribution is -2.64. The van der Waals surface area contributed by atoms with Crippen LogP contribution in [0.5, 0.6) is 0 Å². The van der Waals surface area contributed by atoms with E-state index >= 15 is 0 Å². The molecule has 2 N–H and O–H groups in total. The first-order valence-electron chi connectivity index (χ1n) is 10.5. The Morgan fingerprint density at radius 3 is 2.58 bits per heavy atom. The van der Waals surface area contributed by atoms with Crippen molar-refractivity contribution in [2.45, 2.75) is 33.2 Å². The van der Waals surface area contributed by atoms with Crippen LogP contribution in [0.25, 0.3) is 16.8 Å².